The fourth-order valence-corrected chi connectivity index (χ4v) is 7.01. The van der Waals surface area contributed by atoms with Gasteiger partial charge in [0.1, 0.15) is 0 Å². The topological polar surface area (TPSA) is 81.1 Å². The summed E-state index contributed by atoms with van der Waals surface area (Å²) in [5.41, 5.74) is -0.149. The number of hydrogen-bond acceptors (Lipinski definition) is 3. The molecule has 2 amide bonds. The van der Waals surface area contributed by atoms with Gasteiger partial charge in [-0.3, -0.25) is 9.69 Å². The smallest absolute Gasteiger partial charge is 0.408 e. The molecule has 0 spiro atoms. The van der Waals surface area contributed by atoms with Crippen LogP contribution in [0.4, 0.5) is 4.79 Å². The summed E-state index contributed by atoms with van der Waals surface area (Å²) in [6.45, 7) is 7.22. The summed E-state index contributed by atoms with van der Waals surface area (Å²) in [6, 6.07) is 18.8. The Morgan fingerprint density at radius 1 is 0.917 bits per heavy atom. The zero-order valence-corrected chi connectivity index (χ0v) is 21.5. The van der Waals surface area contributed by atoms with E-state index in [0.717, 1.165) is 31.2 Å². The van der Waals surface area contributed by atoms with Crippen molar-refractivity contribution in [3.63, 3.8) is 0 Å². The predicted octanol–water partition coefficient (Wildman–Crippen LogP) is 5.29. The second-order valence-corrected chi connectivity index (χ2v) is 12.0. The first-order chi connectivity index (χ1) is 17.1. The molecule has 1 aliphatic heterocycles. The summed E-state index contributed by atoms with van der Waals surface area (Å²) in [4.78, 5) is 29.9. The number of nitrogens with zero attached hydrogens (tertiary/aromatic N) is 2. The van der Waals surface area contributed by atoms with E-state index >= 15 is 0 Å². The molecule has 5 rings (SSSR count). The van der Waals surface area contributed by atoms with E-state index < -0.39 is 11.7 Å². The summed E-state index contributed by atoms with van der Waals surface area (Å²) < 4.78 is 0. The number of benzene rings is 2. The Kier molecular flexibility index (Phi) is 6.36. The highest BCUT2D eigenvalue weighted by atomic mass is 16.4. The first-order valence-corrected chi connectivity index (χ1v) is 13.3. The highest BCUT2D eigenvalue weighted by Gasteiger charge is 2.64. The second kappa shape index (κ2) is 9.22. The van der Waals surface area contributed by atoms with Crippen LogP contribution >= 0.6 is 0 Å². The van der Waals surface area contributed by atoms with Crippen molar-refractivity contribution >= 4 is 12.0 Å². The number of fused-ring (bicyclic) bond motifs is 1. The summed E-state index contributed by atoms with van der Waals surface area (Å²) in [5, 5.41) is 22.3. The molecule has 2 N–H and O–H groups in total. The number of carbonyl (C=O) groups is 2. The Balaban J connectivity index is 1.37. The molecule has 192 valence electrons. The van der Waals surface area contributed by atoms with E-state index in [1.807, 2.05) is 60.7 Å². The van der Waals surface area contributed by atoms with E-state index in [4.69, 9.17) is 0 Å². The monoisotopic (exact) mass is 490 g/mol. The van der Waals surface area contributed by atoms with Crippen LogP contribution in [0.25, 0.3) is 0 Å². The molecule has 0 bridgehead atoms. The molecular weight excluding hydrogens is 452 g/mol. The van der Waals surface area contributed by atoms with Gasteiger partial charge in [0.05, 0.1) is 6.04 Å². The van der Waals surface area contributed by atoms with Crippen molar-refractivity contribution in [2.75, 3.05) is 13.1 Å². The van der Waals surface area contributed by atoms with Crippen LogP contribution < -0.4 is 0 Å². The third-order valence-corrected chi connectivity index (χ3v) is 8.68. The van der Waals surface area contributed by atoms with Crippen molar-refractivity contribution in [3.05, 3.63) is 71.8 Å². The van der Waals surface area contributed by atoms with E-state index in [0.29, 0.717) is 18.7 Å². The van der Waals surface area contributed by atoms with Gasteiger partial charge >= 0.3 is 6.09 Å². The zero-order valence-electron chi connectivity index (χ0n) is 21.5. The normalized spacial score (nSPS) is 26.2. The van der Waals surface area contributed by atoms with Crippen molar-refractivity contribution in [2.24, 2.45) is 23.2 Å². The lowest BCUT2D eigenvalue weighted by molar-refractivity contribution is -0.159. The fraction of sp³-hybridized carbons (Fsp3) is 0.533. The number of amides is 2. The van der Waals surface area contributed by atoms with Crippen molar-refractivity contribution in [2.45, 2.75) is 64.1 Å². The van der Waals surface area contributed by atoms with E-state index in [1.54, 1.807) is 9.80 Å². The van der Waals surface area contributed by atoms with E-state index in [2.05, 4.69) is 20.8 Å². The van der Waals surface area contributed by atoms with Crippen LogP contribution in [0.2, 0.25) is 0 Å². The molecule has 36 heavy (non-hydrogen) atoms. The quantitative estimate of drug-likeness (QED) is 0.577. The molecule has 0 radical (unpaired) electrons. The molecule has 1 saturated heterocycles. The number of carbonyl (C=O) groups excluding carboxylic acids is 1. The number of rotatable bonds is 6. The van der Waals surface area contributed by atoms with Gasteiger partial charge in [0.25, 0.3) is 5.91 Å². The molecule has 4 unspecified atom stereocenters. The zero-order chi connectivity index (χ0) is 25.7. The molecule has 6 nitrogen and oxygen atoms in total. The summed E-state index contributed by atoms with van der Waals surface area (Å²) in [7, 11) is 0. The Morgan fingerprint density at radius 3 is 1.94 bits per heavy atom. The van der Waals surface area contributed by atoms with E-state index in [-0.39, 0.29) is 41.2 Å². The lowest BCUT2D eigenvalue weighted by Crippen LogP contribution is -2.52. The molecule has 2 aromatic carbocycles. The molecule has 0 aromatic heterocycles. The number of hydrogen-bond donors (Lipinski definition) is 2. The van der Waals surface area contributed by atoms with E-state index in [1.165, 1.54) is 0 Å². The molecule has 3 fully saturated rings. The van der Waals surface area contributed by atoms with Crippen LogP contribution in [0.15, 0.2) is 60.7 Å². The minimum Gasteiger partial charge on any atom is -0.465 e. The van der Waals surface area contributed by atoms with Crippen LogP contribution in [0.1, 0.15) is 63.6 Å². The van der Waals surface area contributed by atoms with Gasteiger partial charge in [0.2, 0.25) is 0 Å². The Hall–Kier alpha value is -2.86. The van der Waals surface area contributed by atoms with Crippen molar-refractivity contribution in [1.82, 2.24) is 9.80 Å². The second-order valence-electron chi connectivity index (χ2n) is 12.0. The van der Waals surface area contributed by atoms with Crippen LogP contribution in [0, 0.1) is 23.2 Å². The van der Waals surface area contributed by atoms with Gasteiger partial charge < -0.3 is 15.1 Å². The lowest BCUT2D eigenvalue weighted by Gasteiger charge is -2.41. The van der Waals surface area contributed by atoms with Gasteiger partial charge in [0, 0.05) is 36.9 Å². The minimum absolute atomic E-state index is 0.0843. The summed E-state index contributed by atoms with van der Waals surface area (Å²) >= 11 is 0. The number of carboxylic acid groups (broad SMARTS) is 1. The predicted molar refractivity (Wildman–Crippen MR) is 138 cm³/mol. The third kappa shape index (κ3) is 4.19. The molecule has 3 aliphatic rings. The number of likely N-dealkylation sites (tertiary alicyclic amines) is 1. The van der Waals surface area contributed by atoms with Gasteiger partial charge in [-0.2, -0.15) is 0 Å². The number of piperidine rings is 1. The highest BCUT2D eigenvalue weighted by Crippen LogP contribution is 2.55. The molecule has 2 aromatic rings. The van der Waals surface area contributed by atoms with Gasteiger partial charge in [-0.25, -0.2) is 4.79 Å². The standard InChI is InChI=1S/C30H38N2O4/c1-29(2,3)26(20-12-6-4-7-13-20)32(28(34)35)25-23-18-31(19-24(23)25)27(33)30(36,22-16-10-11-17-22)21-14-8-5-9-15-21/h4-9,12-15,22-26,36H,10-11,16-19H2,1-3H3,(H,34,35). The average Bonchev–Trinajstić information content (AvgIpc) is 3.25. The SMILES string of the molecule is CC(C)(C)C(c1ccccc1)N(C(=O)O)C1C2CN(C(=O)C(O)(c3ccccc3)C3CCCC3)CC21. The first kappa shape index (κ1) is 24.8. The van der Waals surface area contributed by atoms with Gasteiger partial charge in [-0.05, 0) is 29.4 Å². The van der Waals surface area contributed by atoms with Gasteiger partial charge in [0.15, 0.2) is 5.60 Å². The minimum atomic E-state index is -1.52. The van der Waals surface area contributed by atoms with Gasteiger partial charge in [-0.15, -0.1) is 0 Å². The lowest BCUT2D eigenvalue weighted by atomic mass is 9.79. The van der Waals surface area contributed by atoms with Crippen molar-refractivity contribution < 1.29 is 19.8 Å². The fourth-order valence-electron chi connectivity index (χ4n) is 7.01. The van der Waals surface area contributed by atoms with Crippen molar-refractivity contribution in [3.8, 4) is 0 Å². The maximum atomic E-state index is 13.9. The van der Waals surface area contributed by atoms with Crippen LogP contribution in [0.5, 0.6) is 0 Å². The third-order valence-electron chi connectivity index (χ3n) is 8.68. The molecule has 2 saturated carbocycles. The van der Waals surface area contributed by atoms with Crippen LogP contribution in [-0.2, 0) is 10.4 Å². The maximum Gasteiger partial charge on any atom is 0.408 e. The number of aliphatic hydroxyl groups is 1. The molecule has 2 aliphatic carbocycles. The van der Waals surface area contributed by atoms with Gasteiger partial charge in [-0.1, -0.05) is 94.3 Å². The molecule has 6 heteroatoms. The Morgan fingerprint density at radius 2 is 1.44 bits per heavy atom. The van der Waals surface area contributed by atoms with E-state index in [9.17, 15) is 19.8 Å². The average molecular weight is 491 g/mol. The largest absolute Gasteiger partial charge is 0.465 e. The Bertz CT molecular complexity index is 1080. The molecular formula is C30H38N2O4. The molecule has 1 heterocycles. The highest BCUT2D eigenvalue weighted by molar-refractivity contribution is 5.87. The molecule has 4 atom stereocenters. The maximum absolute atomic E-state index is 13.9. The van der Waals surface area contributed by atoms with Crippen LogP contribution in [-0.4, -0.2) is 51.1 Å². The first-order valence-electron chi connectivity index (χ1n) is 13.3. The Labute approximate surface area is 213 Å². The summed E-state index contributed by atoms with van der Waals surface area (Å²) in [5.74, 6) is -0.104. The summed E-state index contributed by atoms with van der Waals surface area (Å²) in [6.07, 6.45) is 2.83. The van der Waals surface area contributed by atoms with Crippen LogP contribution in [0.3, 0.4) is 0 Å². The van der Waals surface area contributed by atoms with Crippen molar-refractivity contribution in [1.29, 1.82) is 0 Å².